The average Bonchev–Trinajstić information content (AvgIpc) is 2.70. The lowest BCUT2D eigenvalue weighted by atomic mass is 10.0. The van der Waals surface area contributed by atoms with Crippen LogP contribution in [0.3, 0.4) is 0 Å². The Morgan fingerprint density at radius 3 is 2.81 bits per heavy atom. The third-order valence-electron chi connectivity index (χ3n) is 4.35. The molecule has 0 aliphatic carbocycles. The van der Waals surface area contributed by atoms with E-state index in [4.69, 9.17) is 9.47 Å². The van der Waals surface area contributed by atoms with Crippen LogP contribution in [0, 0.1) is 5.82 Å². The van der Waals surface area contributed by atoms with Gasteiger partial charge in [0.2, 0.25) is 0 Å². The van der Waals surface area contributed by atoms with Crippen LogP contribution in [0.2, 0.25) is 0 Å². The van der Waals surface area contributed by atoms with Gasteiger partial charge in [-0.25, -0.2) is 9.18 Å². The predicted octanol–water partition coefficient (Wildman–Crippen LogP) is 3.37. The molecule has 3 rings (SSSR count). The van der Waals surface area contributed by atoms with Crippen molar-refractivity contribution in [2.24, 2.45) is 0 Å². The van der Waals surface area contributed by atoms with E-state index in [1.54, 1.807) is 36.3 Å². The Morgan fingerprint density at radius 2 is 2.04 bits per heavy atom. The summed E-state index contributed by atoms with van der Waals surface area (Å²) in [6.07, 6.45) is 4.12. The molecule has 1 aliphatic rings. The van der Waals surface area contributed by atoms with E-state index in [0.717, 1.165) is 35.9 Å². The van der Waals surface area contributed by atoms with Crippen LogP contribution >= 0.6 is 0 Å². The zero-order valence-corrected chi connectivity index (χ0v) is 15.0. The molecule has 6 heteroatoms. The first-order valence-electron chi connectivity index (χ1n) is 8.65. The van der Waals surface area contributed by atoms with Gasteiger partial charge in [-0.3, -0.25) is 4.79 Å². The van der Waals surface area contributed by atoms with Crippen molar-refractivity contribution in [3.63, 3.8) is 0 Å². The van der Waals surface area contributed by atoms with E-state index < -0.39 is 11.8 Å². The monoisotopic (exact) mass is 369 g/mol. The van der Waals surface area contributed by atoms with Crippen molar-refractivity contribution >= 4 is 23.6 Å². The number of esters is 1. The van der Waals surface area contributed by atoms with Crippen LogP contribution in [0.15, 0.2) is 48.5 Å². The molecule has 0 fully saturated rings. The van der Waals surface area contributed by atoms with E-state index in [1.165, 1.54) is 12.1 Å². The van der Waals surface area contributed by atoms with Gasteiger partial charge in [0.05, 0.1) is 7.11 Å². The molecule has 27 heavy (non-hydrogen) atoms. The molecule has 0 N–H and O–H groups in total. The number of nitrogens with zero attached hydrogens (tertiary/aromatic N) is 1. The Kier molecular flexibility index (Phi) is 5.86. The van der Waals surface area contributed by atoms with Crippen LogP contribution in [0.1, 0.15) is 17.5 Å². The molecule has 0 unspecified atom stereocenters. The van der Waals surface area contributed by atoms with Crippen molar-refractivity contribution in [3.05, 3.63) is 65.5 Å². The number of carbonyl (C=O) groups is 2. The van der Waals surface area contributed by atoms with Crippen LogP contribution < -0.4 is 9.64 Å². The Labute approximate surface area is 157 Å². The Bertz CT molecular complexity index is 878. The lowest BCUT2D eigenvalue weighted by Gasteiger charge is -2.29. The number of rotatable bonds is 5. The highest BCUT2D eigenvalue weighted by Crippen LogP contribution is 2.30. The molecule has 140 valence electrons. The normalized spacial score (nSPS) is 13.3. The number of methoxy groups -OCH3 is 1. The maximum absolute atomic E-state index is 13.5. The fourth-order valence-corrected chi connectivity index (χ4v) is 2.99. The smallest absolute Gasteiger partial charge is 0.331 e. The maximum Gasteiger partial charge on any atom is 0.331 e. The SMILES string of the molecule is COc1ccc2c(c1)CCCN2C(=O)COC(=O)/C=C/c1ccccc1F. The van der Waals surface area contributed by atoms with Crippen molar-refractivity contribution < 1.29 is 23.5 Å². The number of benzene rings is 2. The highest BCUT2D eigenvalue weighted by molar-refractivity contribution is 5.97. The number of halogens is 1. The number of ether oxygens (including phenoxy) is 2. The van der Waals surface area contributed by atoms with Gasteiger partial charge in [-0.2, -0.15) is 0 Å². The molecule has 0 aromatic heterocycles. The van der Waals surface area contributed by atoms with Crippen LogP contribution in [-0.4, -0.2) is 32.1 Å². The zero-order valence-electron chi connectivity index (χ0n) is 15.0. The van der Waals surface area contributed by atoms with Gasteiger partial charge in [-0.05, 0) is 48.7 Å². The number of amides is 1. The molecule has 1 heterocycles. The number of carbonyl (C=O) groups excluding carboxylic acids is 2. The lowest BCUT2D eigenvalue weighted by molar-refractivity contribution is -0.142. The van der Waals surface area contributed by atoms with Gasteiger partial charge in [0.15, 0.2) is 6.61 Å². The van der Waals surface area contributed by atoms with Gasteiger partial charge >= 0.3 is 5.97 Å². The highest BCUT2D eigenvalue weighted by Gasteiger charge is 2.23. The molecule has 0 atom stereocenters. The molecular formula is C21H20FNO4. The molecule has 0 spiro atoms. The minimum Gasteiger partial charge on any atom is -0.497 e. The summed E-state index contributed by atoms with van der Waals surface area (Å²) in [5, 5.41) is 0. The quantitative estimate of drug-likeness (QED) is 0.599. The fourth-order valence-electron chi connectivity index (χ4n) is 2.99. The zero-order chi connectivity index (χ0) is 19.2. The third-order valence-corrected chi connectivity index (χ3v) is 4.35. The summed E-state index contributed by atoms with van der Waals surface area (Å²) in [5.74, 6) is -0.682. The molecule has 1 amide bonds. The molecule has 5 nitrogen and oxygen atoms in total. The van der Waals surface area contributed by atoms with E-state index in [0.29, 0.717) is 6.54 Å². The van der Waals surface area contributed by atoms with E-state index in [1.807, 2.05) is 12.1 Å². The summed E-state index contributed by atoms with van der Waals surface area (Å²) in [5.41, 5.74) is 2.12. The molecular weight excluding hydrogens is 349 g/mol. The Balaban J connectivity index is 1.60. The van der Waals surface area contributed by atoms with Crippen molar-refractivity contribution in [1.29, 1.82) is 0 Å². The summed E-state index contributed by atoms with van der Waals surface area (Å²) >= 11 is 0. The lowest BCUT2D eigenvalue weighted by Crippen LogP contribution is -2.38. The van der Waals surface area contributed by atoms with Crippen LogP contribution in [0.4, 0.5) is 10.1 Å². The Hall–Kier alpha value is -3.15. The average molecular weight is 369 g/mol. The first-order chi connectivity index (χ1) is 13.1. The first kappa shape index (κ1) is 18.6. The van der Waals surface area contributed by atoms with Gasteiger partial charge in [-0.15, -0.1) is 0 Å². The fraction of sp³-hybridized carbons (Fsp3) is 0.238. The van der Waals surface area contributed by atoms with Crippen LogP contribution in [0.25, 0.3) is 6.08 Å². The van der Waals surface area contributed by atoms with Crippen LogP contribution in [-0.2, 0) is 20.7 Å². The largest absolute Gasteiger partial charge is 0.497 e. The van der Waals surface area contributed by atoms with Gasteiger partial charge in [0, 0.05) is 23.9 Å². The van der Waals surface area contributed by atoms with Gasteiger partial charge in [0.25, 0.3) is 5.91 Å². The van der Waals surface area contributed by atoms with Crippen molar-refractivity contribution in [1.82, 2.24) is 0 Å². The second-order valence-corrected chi connectivity index (χ2v) is 6.11. The molecule has 1 aliphatic heterocycles. The number of aryl methyl sites for hydroxylation is 1. The second kappa shape index (κ2) is 8.49. The predicted molar refractivity (Wildman–Crippen MR) is 100 cm³/mol. The second-order valence-electron chi connectivity index (χ2n) is 6.11. The summed E-state index contributed by atoms with van der Waals surface area (Å²) in [6.45, 7) is 0.201. The minimum atomic E-state index is -0.696. The topological polar surface area (TPSA) is 55.8 Å². The molecule has 0 radical (unpaired) electrons. The first-order valence-corrected chi connectivity index (χ1v) is 8.65. The maximum atomic E-state index is 13.5. The molecule has 0 saturated heterocycles. The molecule has 0 bridgehead atoms. The minimum absolute atomic E-state index is 0.277. The number of fused-ring (bicyclic) bond motifs is 1. The van der Waals surface area contributed by atoms with Gasteiger partial charge in [0.1, 0.15) is 11.6 Å². The highest BCUT2D eigenvalue weighted by atomic mass is 19.1. The Morgan fingerprint density at radius 1 is 1.22 bits per heavy atom. The summed E-state index contributed by atoms with van der Waals surface area (Å²) in [7, 11) is 1.60. The van der Waals surface area contributed by atoms with E-state index in [2.05, 4.69) is 0 Å². The van der Waals surface area contributed by atoms with Crippen molar-refractivity contribution in [2.45, 2.75) is 12.8 Å². The summed E-state index contributed by atoms with van der Waals surface area (Å²) in [6, 6.07) is 11.6. The standard InChI is InChI=1S/C21H20FNO4/c1-26-17-9-10-19-16(13-17)6-4-12-23(19)20(24)14-27-21(25)11-8-15-5-2-3-7-18(15)22/h2-3,5,7-11,13H,4,6,12,14H2,1H3/b11-8+. The van der Waals surface area contributed by atoms with Crippen molar-refractivity contribution in [3.8, 4) is 5.75 Å². The number of hydrogen-bond donors (Lipinski definition) is 0. The van der Waals surface area contributed by atoms with Crippen molar-refractivity contribution in [2.75, 3.05) is 25.2 Å². The summed E-state index contributed by atoms with van der Waals surface area (Å²) < 4.78 is 23.8. The van der Waals surface area contributed by atoms with Gasteiger partial charge in [-0.1, -0.05) is 18.2 Å². The number of hydrogen-bond acceptors (Lipinski definition) is 4. The third kappa shape index (κ3) is 4.53. The number of anilines is 1. The van der Waals surface area contributed by atoms with E-state index >= 15 is 0 Å². The molecule has 2 aromatic carbocycles. The molecule has 2 aromatic rings. The molecule has 0 saturated carbocycles. The van der Waals surface area contributed by atoms with Crippen LogP contribution in [0.5, 0.6) is 5.75 Å². The van der Waals surface area contributed by atoms with E-state index in [9.17, 15) is 14.0 Å². The van der Waals surface area contributed by atoms with Gasteiger partial charge < -0.3 is 14.4 Å². The summed E-state index contributed by atoms with van der Waals surface area (Å²) in [4.78, 5) is 25.9. The van der Waals surface area contributed by atoms with E-state index in [-0.39, 0.29) is 18.1 Å².